The van der Waals surface area contributed by atoms with Gasteiger partial charge in [-0.25, -0.2) is 9.37 Å². The molecule has 0 unspecified atom stereocenters. The topological polar surface area (TPSA) is 52.1 Å². The van der Waals surface area contributed by atoms with Gasteiger partial charge in [-0.05, 0) is 25.1 Å². The van der Waals surface area contributed by atoms with Crippen molar-refractivity contribution in [3.05, 3.63) is 53.4 Å². The lowest BCUT2D eigenvalue weighted by atomic mass is 10.3. The van der Waals surface area contributed by atoms with Crippen LogP contribution < -0.4 is 4.74 Å². The summed E-state index contributed by atoms with van der Waals surface area (Å²) in [6, 6.07) is 4.74. The summed E-state index contributed by atoms with van der Waals surface area (Å²) in [5, 5.41) is 0. The van der Waals surface area contributed by atoms with Gasteiger partial charge < -0.3 is 4.74 Å². The van der Waals surface area contributed by atoms with Crippen LogP contribution in [0, 0.1) is 12.7 Å². The van der Waals surface area contributed by atoms with Crippen LogP contribution in [-0.4, -0.2) is 16.3 Å². The zero-order valence-corrected chi connectivity index (χ0v) is 9.76. The SMILES string of the molecule is Cc1ccc(OCc2cncc(F)c2)c(C=O)n1. The van der Waals surface area contributed by atoms with Crippen LogP contribution in [0.4, 0.5) is 4.39 Å². The summed E-state index contributed by atoms with van der Waals surface area (Å²) in [4.78, 5) is 18.6. The number of aldehydes is 1. The van der Waals surface area contributed by atoms with Crippen LogP contribution in [0.1, 0.15) is 21.7 Å². The Hall–Kier alpha value is -2.30. The molecule has 0 aliphatic heterocycles. The van der Waals surface area contributed by atoms with E-state index in [9.17, 15) is 9.18 Å². The Morgan fingerprint density at radius 2 is 2.22 bits per heavy atom. The van der Waals surface area contributed by atoms with E-state index in [0.29, 0.717) is 17.6 Å². The zero-order chi connectivity index (χ0) is 13.0. The molecule has 0 saturated carbocycles. The minimum Gasteiger partial charge on any atom is -0.486 e. The van der Waals surface area contributed by atoms with Crippen LogP contribution >= 0.6 is 0 Å². The molecule has 2 rings (SSSR count). The van der Waals surface area contributed by atoms with Crippen LogP contribution in [0.2, 0.25) is 0 Å². The molecule has 0 saturated heterocycles. The van der Waals surface area contributed by atoms with Crippen LogP contribution in [0.3, 0.4) is 0 Å². The van der Waals surface area contributed by atoms with Crippen LogP contribution in [-0.2, 0) is 6.61 Å². The van der Waals surface area contributed by atoms with E-state index in [1.165, 1.54) is 12.3 Å². The molecule has 4 nitrogen and oxygen atoms in total. The number of carbonyl (C=O) groups excluding carboxylic acids is 1. The molecule has 2 aromatic rings. The van der Waals surface area contributed by atoms with Gasteiger partial charge in [-0.15, -0.1) is 0 Å². The molecule has 0 bridgehead atoms. The second-order valence-corrected chi connectivity index (χ2v) is 3.75. The van der Waals surface area contributed by atoms with Crippen molar-refractivity contribution in [1.29, 1.82) is 0 Å². The average Bonchev–Trinajstić information content (AvgIpc) is 2.37. The first-order valence-electron chi connectivity index (χ1n) is 5.34. The number of halogens is 1. The summed E-state index contributed by atoms with van der Waals surface area (Å²) >= 11 is 0. The molecule has 0 atom stereocenters. The van der Waals surface area contributed by atoms with E-state index in [0.717, 1.165) is 11.9 Å². The maximum Gasteiger partial charge on any atom is 0.172 e. The van der Waals surface area contributed by atoms with E-state index in [4.69, 9.17) is 4.74 Å². The summed E-state index contributed by atoms with van der Waals surface area (Å²) in [6.07, 6.45) is 3.26. The summed E-state index contributed by atoms with van der Waals surface area (Å²) in [6.45, 7) is 1.92. The fraction of sp³-hybridized carbons (Fsp3) is 0.154. The fourth-order valence-corrected chi connectivity index (χ4v) is 1.47. The highest BCUT2D eigenvalue weighted by Crippen LogP contribution is 2.16. The van der Waals surface area contributed by atoms with Gasteiger partial charge in [0.2, 0.25) is 0 Å². The molecule has 0 spiro atoms. The van der Waals surface area contributed by atoms with E-state index >= 15 is 0 Å². The molecule has 0 radical (unpaired) electrons. The maximum absolute atomic E-state index is 12.9. The molecular weight excluding hydrogens is 235 g/mol. The van der Waals surface area contributed by atoms with Crippen molar-refractivity contribution in [3.8, 4) is 5.75 Å². The third kappa shape index (κ3) is 2.88. The van der Waals surface area contributed by atoms with Crippen molar-refractivity contribution < 1.29 is 13.9 Å². The van der Waals surface area contributed by atoms with Gasteiger partial charge in [0.25, 0.3) is 0 Å². The molecule has 0 amide bonds. The number of aromatic nitrogens is 2. The predicted octanol–water partition coefficient (Wildman–Crippen LogP) is 2.32. The lowest BCUT2D eigenvalue weighted by Gasteiger charge is -2.08. The first-order chi connectivity index (χ1) is 8.69. The fourth-order valence-electron chi connectivity index (χ4n) is 1.47. The Bertz CT molecular complexity index is 573. The van der Waals surface area contributed by atoms with Gasteiger partial charge in [0.15, 0.2) is 6.29 Å². The highest BCUT2D eigenvalue weighted by molar-refractivity contribution is 5.76. The number of hydrogen-bond donors (Lipinski definition) is 0. The van der Waals surface area contributed by atoms with E-state index in [2.05, 4.69) is 9.97 Å². The summed E-state index contributed by atoms with van der Waals surface area (Å²) < 4.78 is 18.3. The smallest absolute Gasteiger partial charge is 0.172 e. The summed E-state index contributed by atoms with van der Waals surface area (Å²) in [5.74, 6) is -0.0476. The van der Waals surface area contributed by atoms with Gasteiger partial charge in [0.1, 0.15) is 23.9 Å². The van der Waals surface area contributed by atoms with Crippen molar-refractivity contribution in [3.63, 3.8) is 0 Å². The Kier molecular flexibility index (Phi) is 3.62. The zero-order valence-electron chi connectivity index (χ0n) is 9.76. The third-order valence-corrected chi connectivity index (χ3v) is 2.29. The Morgan fingerprint density at radius 3 is 2.94 bits per heavy atom. The summed E-state index contributed by atoms with van der Waals surface area (Å²) in [5.41, 5.74) is 1.56. The van der Waals surface area contributed by atoms with Gasteiger partial charge in [0.05, 0.1) is 6.20 Å². The maximum atomic E-state index is 12.9. The molecule has 5 heteroatoms. The van der Waals surface area contributed by atoms with Crippen LogP contribution in [0.25, 0.3) is 0 Å². The first kappa shape index (κ1) is 12.2. The number of hydrogen-bond acceptors (Lipinski definition) is 4. The van der Waals surface area contributed by atoms with Crippen molar-refractivity contribution >= 4 is 6.29 Å². The molecule has 0 N–H and O–H groups in total. The standard InChI is InChI=1S/C13H11FN2O2/c1-9-2-3-13(12(7-17)16-9)18-8-10-4-11(14)6-15-5-10/h2-7H,8H2,1H3. The number of rotatable bonds is 4. The molecule has 0 aromatic carbocycles. The van der Waals surface area contributed by atoms with E-state index < -0.39 is 5.82 Å². The molecule has 0 fully saturated rings. The molecule has 0 aliphatic carbocycles. The van der Waals surface area contributed by atoms with Crippen molar-refractivity contribution in [2.75, 3.05) is 0 Å². The average molecular weight is 246 g/mol. The number of aryl methyl sites for hydroxylation is 1. The molecular formula is C13H11FN2O2. The minimum atomic E-state index is -0.422. The van der Waals surface area contributed by atoms with Crippen molar-refractivity contribution in [2.45, 2.75) is 13.5 Å². The monoisotopic (exact) mass is 246 g/mol. The second-order valence-electron chi connectivity index (χ2n) is 3.75. The molecule has 2 heterocycles. The highest BCUT2D eigenvalue weighted by atomic mass is 19.1. The Morgan fingerprint density at radius 1 is 1.39 bits per heavy atom. The number of pyridine rings is 2. The second kappa shape index (κ2) is 5.35. The van der Waals surface area contributed by atoms with E-state index in [-0.39, 0.29) is 12.3 Å². The molecule has 18 heavy (non-hydrogen) atoms. The largest absolute Gasteiger partial charge is 0.486 e. The number of ether oxygens (including phenoxy) is 1. The van der Waals surface area contributed by atoms with Crippen LogP contribution in [0.15, 0.2) is 30.6 Å². The Balaban J connectivity index is 2.13. The molecule has 2 aromatic heterocycles. The van der Waals surface area contributed by atoms with E-state index in [1.807, 2.05) is 0 Å². The Labute approximate surface area is 103 Å². The molecule has 92 valence electrons. The highest BCUT2D eigenvalue weighted by Gasteiger charge is 2.05. The minimum absolute atomic E-state index is 0.135. The van der Waals surface area contributed by atoms with E-state index in [1.54, 1.807) is 19.1 Å². The van der Waals surface area contributed by atoms with Gasteiger partial charge >= 0.3 is 0 Å². The van der Waals surface area contributed by atoms with Crippen molar-refractivity contribution in [1.82, 2.24) is 9.97 Å². The number of nitrogens with zero attached hydrogens (tertiary/aromatic N) is 2. The summed E-state index contributed by atoms with van der Waals surface area (Å²) in [7, 11) is 0. The third-order valence-electron chi connectivity index (χ3n) is 2.29. The van der Waals surface area contributed by atoms with Gasteiger partial charge in [-0.3, -0.25) is 9.78 Å². The quantitative estimate of drug-likeness (QED) is 0.777. The number of carbonyl (C=O) groups is 1. The van der Waals surface area contributed by atoms with Gasteiger partial charge in [-0.1, -0.05) is 0 Å². The van der Waals surface area contributed by atoms with Crippen molar-refractivity contribution in [2.24, 2.45) is 0 Å². The van der Waals surface area contributed by atoms with Gasteiger partial charge in [-0.2, -0.15) is 0 Å². The lowest BCUT2D eigenvalue weighted by Crippen LogP contribution is -2.01. The first-order valence-corrected chi connectivity index (χ1v) is 5.34. The van der Waals surface area contributed by atoms with Gasteiger partial charge in [0, 0.05) is 17.5 Å². The lowest BCUT2D eigenvalue weighted by molar-refractivity contribution is 0.111. The normalized spacial score (nSPS) is 10.1. The van der Waals surface area contributed by atoms with Crippen LogP contribution in [0.5, 0.6) is 5.75 Å². The molecule has 0 aliphatic rings. The predicted molar refractivity (Wildman–Crippen MR) is 62.9 cm³/mol.